The van der Waals surface area contributed by atoms with Gasteiger partial charge in [-0.05, 0) is 18.8 Å². The highest BCUT2D eigenvalue weighted by atomic mass is 16.5. The molecule has 2 aliphatic carbocycles. The summed E-state index contributed by atoms with van der Waals surface area (Å²) >= 11 is 0. The van der Waals surface area contributed by atoms with Gasteiger partial charge in [0.15, 0.2) is 0 Å². The summed E-state index contributed by atoms with van der Waals surface area (Å²) in [5.41, 5.74) is -1.16. The van der Waals surface area contributed by atoms with E-state index in [9.17, 15) is 14.4 Å². The number of methoxy groups -OCH3 is 1. The van der Waals surface area contributed by atoms with Crippen LogP contribution in [0, 0.1) is 17.8 Å². The quantitative estimate of drug-likeness (QED) is 0.638. The standard InChI is InChI=1S/C10H13NO6/c1-17-9(16)11-10-4(6(10)8(14)15)2-3-5(10)7(12)13/h4-6H,2-3H2,1H3,(H,11,16)(H,12,13)(H,14,15). The molecule has 17 heavy (non-hydrogen) atoms. The lowest BCUT2D eigenvalue weighted by molar-refractivity contribution is -0.144. The van der Waals surface area contributed by atoms with Crippen LogP contribution < -0.4 is 5.32 Å². The van der Waals surface area contributed by atoms with Gasteiger partial charge >= 0.3 is 18.0 Å². The number of carbonyl (C=O) groups is 3. The zero-order valence-electron chi connectivity index (χ0n) is 9.17. The Morgan fingerprint density at radius 1 is 1.24 bits per heavy atom. The van der Waals surface area contributed by atoms with Crippen molar-refractivity contribution in [3.63, 3.8) is 0 Å². The Labute approximate surface area is 96.7 Å². The number of fused-ring (bicyclic) bond motifs is 1. The summed E-state index contributed by atoms with van der Waals surface area (Å²) in [6.45, 7) is 0. The first kappa shape index (κ1) is 11.7. The highest BCUT2D eigenvalue weighted by Crippen LogP contribution is 2.64. The maximum Gasteiger partial charge on any atom is 0.407 e. The first-order chi connectivity index (χ1) is 7.95. The van der Waals surface area contributed by atoms with E-state index in [-0.39, 0.29) is 5.92 Å². The molecule has 0 aromatic carbocycles. The number of hydrogen-bond donors (Lipinski definition) is 3. The van der Waals surface area contributed by atoms with Crippen LogP contribution in [-0.2, 0) is 14.3 Å². The summed E-state index contributed by atoms with van der Waals surface area (Å²) in [4.78, 5) is 33.3. The van der Waals surface area contributed by atoms with Crippen molar-refractivity contribution in [3.05, 3.63) is 0 Å². The van der Waals surface area contributed by atoms with Gasteiger partial charge in [-0.25, -0.2) is 4.79 Å². The number of rotatable bonds is 3. The fourth-order valence-electron chi connectivity index (χ4n) is 3.14. The summed E-state index contributed by atoms with van der Waals surface area (Å²) in [5, 5.41) is 20.5. The largest absolute Gasteiger partial charge is 0.481 e. The Hall–Kier alpha value is -1.79. The molecule has 2 fully saturated rings. The Morgan fingerprint density at radius 2 is 1.88 bits per heavy atom. The maximum absolute atomic E-state index is 11.2. The molecule has 4 unspecified atom stereocenters. The van der Waals surface area contributed by atoms with Crippen LogP contribution in [0.15, 0.2) is 0 Å². The number of ether oxygens (including phenoxy) is 1. The fourth-order valence-corrected chi connectivity index (χ4v) is 3.14. The molecule has 7 heteroatoms. The van der Waals surface area contributed by atoms with E-state index in [4.69, 9.17) is 10.2 Å². The number of alkyl carbamates (subject to hydrolysis) is 1. The molecule has 0 radical (unpaired) electrons. The molecule has 0 aromatic heterocycles. The van der Waals surface area contributed by atoms with Crippen LogP contribution in [0.1, 0.15) is 12.8 Å². The first-order valence-electron chi connectivity index (χ1n) is 5.27. The third-order valence-corrected chi connectivity index (χ3v) is 3.83. The molecule has 2 rings (SSSR count). The summed E-state index contributed by atoms with van der Waals surface area (Å²) in [6, 6.07) is 0. The molecule has 1 amide bonds. The van der Waals surface area contributed by atoms with Crippen LogP contribution >= 0.6 is 0 Å². The molecule has 3 N–H and O–H groups in total. The molecular formula is C10H13NO6. The van der Waals surface area contributed by atoms with Crippen LogP contribution in [0.4, 0.5) is 4.79 Å². The number of nitrogens with one attached hydrogen (secondary N) is 1. The summed E-state index contributed by atoms with van der Waals surface area (Å²) in [6.07, 6.45) is 0.0954. The van der Waals surface area contributed by atoms with Crippen molar-refractivity contribution in [3.8, 4) is 0 Å². The van der Waals surface area contributed by atoms with Crippen molar-refractivity contribution in [1.82, 2.24) is 5.32 Å². The smallest absolute Gasteiger partial charge is 0.407 e. The van der Waals surface area contributed by atoms with Gasteiger partial charge < -0.3 is 20.3 Å². The number of amides is 1. The summed E-state index contributed by atoms with van der Waals surface area (Å²) in [7, 11) is 1.16. The Balaban J connectivity index is 2.26. The molecule has 4 atom stereocenters. The molecule has 0 bridgehead atoms. The van der Waals surface area contributed by atoms with Crippen LogP contribution in [0.2, 0.25) is 0 Å². The molecule has 0 saturated heterocycles. The lowest BCUT2D eigenvalue weighted by Gasteiger charge is -2.21. The van der Waals surface area contributed by atoms with Gasteiger partial charge in [-0.1, -0.05) is 0 Å². The highest BCUT2D eigenvalue weighted by molar-refractivity contribution is 5.86. The zero-order chi connectivity index (χ0) is 12.8. The van der Waals surface area contributed by atoms with Crippen LogP contribution in [0.3, 0.4) is 0 Å². The summed E-state index contributed by atoms with van der Waals surface area (Å²) < 4.78 is 4.42. The molecule has 0 spiro atoms. The van der Waals surface area contributed by atoms with E-state index in [2.05, 4.69) is 10.1 Å². The second-order valence-corrected chi connectivity index (χ2v) is 4.44. The molecule has 0 heterocycles. The number of aliphatic carboxylic acids is 2. The van der Waals surface area contributed by atoms with Gasteiger partial charge in [-0.15, -0.1) is 0 Å². The molecule has 7 nitrogen and oxygen atoms in total. The molecule has 0 aromatic rings. The van der Waals surface area contributed by atoms with Gasteiger partial charge in [0, 0.05) is 0 Å². The monoisotopic (exact) mass is 243 g/mol. The lowest BCUT2D eigenvalue weighted by Crippen LogP contribution is -2.47. The second-order valence-electron chi connectivity index (χ2n) is 4.44. The van der Waals surface area contributed by atoms with Crippen molar-refractivity contribution < 1.29 is 29.3 Å². The van der Waals surface area contributed by atoms with Gasteiger partial charge in [0.2, 0.25) is 0 Å². The van der Waals surface area contributed by atoms with Gasteiger partial charge in [0.05, 0.1) is 24.5 Å². The van der Waals surface area contributed by atoms with Gasteiger partial charge in [-0.2, -0.15) is 0 Å². The third kappa shape index (κ3) is 1.45. The SMILES string of the molecule is COC(=O)NC12C(C(=O)O)CCC1C2C(=O)O. The van der Waals surface area contributed by atoms with Crippen molar-refractivity contribution in [1.29, 1.82) is 0 Å². The third-order valence-electron chi connectivity index (χ3n) is 3.83. The second kappa shape index (κ2) is 3.61. The van der Waals surface area contributed by atoms with E-state index in [1.165, 1.54) is 0 Å². The highest BCUT2D eigenvalue weighted by Gasteiger charge is 2.77. The van der Waals surface area contributed by atoms with E-state index in [1.807, 2.05) is 0 Å². The Kier molecular flexibility index (Phi) is 2.48. The van der Waals surface area contributed by atoms with Crippen LogP contribution in [0.25, 0.3) is 0 Å². The topological polar surface area (TPSA) is 113 Å². The van der Waals surface area contributed by atoms with E-state index in [1.54, 1.807) is 0 Å². The normalized spacial score (nSPS) is 38.1. The van der Waals surface area contributed by atoms with Crippen molar-refractivity contribution >= 4 is 18.0 Å². The Bertz CT molecular complexity index is 394. The minimum Gasteiger partial charge on any atom is -0.481 e. The van der Waals surface area contributed by atoms with E-state index in [0.717, 1.165) is 7.11 Å². The zero-order valence-corrected chi connectivity index (χ0v) is 9.17. The van der Waals surface area contributed by atoms with Gasteiger partial charge in [-0.3, -0.25) is 9.59 Å². The van der Waals surface area contributed by atoms with Crippen LogP contribution in [0.5, 0.6) is 0 Å². The van der Waals surface area contributed by atoms with E-state index in [0.29, 0.717) is 12.8 Å². The minimum absolute atomic E-state index is 0.305. The fraction of sp³-hybridized carbons (Fsp3) is 0.700. The van der Waals surface area contributed by atoms with Crippen molar-refractivity contribution in [2.24, 2.45) is 17.8 Å². The first-order valence-corrected chi connectivity index (χ1v) is 5.27. The maximum atomic E-state index is 11.2. The van der Waals surface area contributed by atoms with Crippen LogP contribution in [-0.4, -0.2) is 40.9 Å². The van der Waals surface area contributed by atoms with Crippen molar-refractivity contribution in [2.75, 3.05) is 7.11 Å². The Morgan fingerprint density at radius 3 is 2.29 bits per heavy atom. The number of carboxylic acids is 2. The predicted molar refractivity (Wildman–Crippen MR) is 53.2 cm³/mol. The molecule has 2 aliphatic rings. The lowest BCUT2D eigenvalue weighted by atomic mass is 9.94. The predicted octanol–water partition coefficient (Wildman–Crippen LogP) is -0.0936. The number of carboxylic acid groups (broad SMARTS) is 2. The average molecular weight is 243 g/mol. The summed E-state index contributed by atoms with van der Waals surface area (Å²) in [5.74, 6) is -4.13. The molecule has 2 saturated carbocycles. The molecule has 0 aliphatic heterocycles. The van der Waals surface area contributed by atoms with Gasteiger partial charge in [0.1, 0.15) is 0 Å². The van der Waals surface area contributed by atoms with Gasteiger partial charge in [0.25, 0.3) is 0 Å². The van der Waals surface area contributed by atoms with E-state index < -0.39 is 35.4 Å². The number of hydrogen-bond acceptors (Lipinski definition) is 4. The number of carbonyl (C=O) groups excluding carboxylic acids is 1. The van der Waals surface area contributed by atoms with E-state index >= 15 is 0 Å². The minimum atomic E-state index is -1.16. The average Bonchev–Trinajstić information content (AvgIpc) is 2.73. The molecular weight excluding hydrogens is 230 g/mol. The molecule has 94 valence electrons. The van der Waals surface area contributed by atoms with Crippen molar-refractivity contribution in [2.45, 2.75) is 18.4 Å².